The number of ether oxygens (including phenoxy) is 2. The maximum atomic E-state index is 12.6. The molecule has 1 aromatic heterocycles. The second-order valence-corrected chi connectivity index (χ2v) is 7.61. The van der Waals surface area contributed by atoms with Gasteiger partial charge in [-0.25, -0.2) is 4.79 Å². The van der Waals surface area contributed by atoms with Crippen molar-refractivity contribution in [3.05, 3.63) is 82.7 Å². The molecule has 0 aliphatic heterocycles. The summed E-state index contributed by atoms with van der Waals surface area (Å²) >= 11 is 0. The van der Waals surface area contributed by atoms with Crippen LogP contribution in [0.4, 0.5) is 0 Å². The number of Topliss-reactive ketones (excluding diaryl/α,β-unsaturated/α-hetero) is 1. The number of aromatic nitrogens is 1. The highest BCUT2D eigenvalue weighted by molar-refractivity contribution is 5.99. The van der Waals surface area contributed by atoms with Crippen molar-refractivity contribution in [2.45, 2.75) is 33.1 Å². The average Bonchev–Trinajstić information content (AvgIpc) is 3.34. The first-order chi connectivity index (χ1) is 14.5. The lowest BCUT2D eigenvalue weighted by Gasteiger charge is -2.10. The second kappa shape index (κ2) is 8.57. The van der Waals surface area contributed by atoms with Gasteiger partial charge >= 0.3 is 5.97 Å². The fraction of sp³-hybridized carbons (Fsp3) is 0.280. The summed E-state index contributed by atoms with van der Waals surface area (Å²) in [6.07, 6.45) is 3.31. The maximum Gasteiger partial charge on any atom is 0.344 e. The number of carbonyl (C=O) groups is 2. The molecule has 1 heterocycles. The number of ketones is 1. The van der Waals surface area contributed by atoms with Crippen molar-refractivity contribution in [3.63, 3.8) is 0 Å². The van der Waals surface area contributed by atoms with E-state index in [-0.39, 0.29) is 19.0 Å². The molecule has 0 unspecified atom stereocenters. The minimum Gasteiger partial charge on any atom is -0.482 e. The number of esters is 1. The molecule has 0 bridgehead atoms. The first-order valence-corrected chi connectivity index (χ1v) is 10.2. The Kier molecular flexibility index (Phi) is 5.70. The highest BCUT2D eigenvalue weighted by Crippen LogP contribution is 2.26. The molecule has 3 aromatic rings. The molecule has 0 fully saturated rings. The number of para-hydroxylation sites is 1. The van der Waals surface area contributed by atoms with Gasteiger partial charge in [0, 0.05) is 22.6 Å². The first-order valence-electron chi connectivity index (χ1n) is 10.2. The van der Waals surface area contributed by atoms with Crippen LogP contribution in [0.5, 0.6) is 5.75 Å². The Hall–Kier alpha value is -3.34. The molecule has 1 aliphatic carbocycles. The molecule has 0 radical (unpaired) electrons. The van der Waals surface area contributed by atoms with Crippen LogP contribution in [0.2, 0.25) is 0 Å². The molecular weight excluding hydrogens is 378 g/mol. The molecule has 1 aliphatic rings. The summed E-state index contributed by atoms with van der Waals surface area (Å²) < 4.78 is 12.7. The summed E-state index contributed by atoms with van der Waals surface area (Å²) in [6, 6.07) is 17.6. The molecule has 0 atom stereocenters. The van der Waals surface area contributed by atoms with Crippen molar-refractivity contribution >= 4 is 11.8 Å². The SMILES string of the molecule is Cc1cc(C(=O)COC(=O)COc2ccc3c(c2)CCC3)c(C)n1-c1ccccc1. The number of hydrogen-bond acceptors (Lipinski definition) is 4. The van der Waals surface area contributed by atoms with E-state index < -0.39 is 5.97 Å². The van der Waals surface area contributed by atoms with Crippen LogP contribution in [0.25, 0.3) is 5.69 Å². The Balaban J connectivity index is 1.34. The van der Waals surface area contributed by atoms with Crippen LogP contribution in [0, 0.1) is 13.8 Å². The standard InChI is InChI=1S/C25H25NO4/c1-17-13-23(18(2)26(17)21-9-4-3-5-10-21)24(27)15-30-25(28)16-29-22-12-11-19-7-6-8-20(19)14-22/h3-5,9-14H,6-8,15-16H2,1-2H3. The van der Waals surface area contributed by atoms with Gasteiger partial charge in [0.25, 0.3) is 0 Å². The summed E-state index contributed by atoms with van der Waals surface area (Å²) in [4.78, 5) is 24.7. The van der Waals surface area contributed by atoms with Gasteiger partial charge in [-0.15, -0.1) is 0 Å². The second-order valence-electron chi connectivity index (χ2n) is 7.61. The van der Waals surface area contributed by atoms with Gasteiger partial charge in [-0.05, 0) is 74.6 Å². The summed E-state index contributed by atoms with van der Waals surface area (Å²) in [5.74, 6) is -0.123. The van der Waals surface area contributed by atoms with Gasteiger partial charge in [0.2, 0.25) is 5.78 Å². The molecule has 0 spiro atoms. The fourth-order valence-corrected chi connectivity index (χ4v) is 4.07. The predicted octanol–water partition coefficient (Wildman–Crippen LogP) is 4.39. The van der Waals surface area contributed by atoms with Crippen LogP contribution in [-0.2, 0) is 22.4 Å². The molecule has 5 nitrogen and oxygen atoms in total. The van der Waals surface area contributed by atoms with E-state index in [2.05, 4.69) is 6.07 Å². The third-order valence-electron chi connectivity index (χ3n) is 5.54. The van der Waals surface area contributed by atoms with E-state index in [1.54, 1.807) is 0 Å². The minimum absolute atomic E-state index is 0.213. The number of rotatable bonds is 7. The highest BCUT2D eigenvalue weighted by atomic mass is 16.6. The molecule has 2 aromatic carbocycles. The van der Waals surface area contributed by atoms with Crippen LogP contribution < -0.4 is 4.74 Å². The molecule has 0 amide bonds. The number of aryl methyl sites for hydroxylation is 3. The lowest BCUT2D eigenvalue weighted by Crippen LogP contribution is -2.20. The fourth-order valence-electron chi connectivity index (χ4n) is 4.07. The van der Waals surface area contributed by atoms with Gasteiger partial charge in [-0.1, -0.05) is 24.3 Å². The third kappa shape index (κ3) is 4.15. The number of nitrogens with zero attached hydrogens (tertiary/aromatic N) is 1. The summed E-state index contributed by atoms with van der Waals surface area (Å²) in [6.45, 7) is 3.33. The van der Waals surface area contributed by atoms with E-state index in [4.69, 9.17) is 9.47 Å². The Morgan fingerprint density at radius 2 is 1.70 bits per heavy atom. The smallest absolute Gasteiger partial charge is 0.344 e. The lowest BCUT2D eigenvalue weighted by molar-refractivity contribution is -0.144. The largest absolute Gasteiger partial charge is 0.482 e. The normalized spacial score (nSPS) is 12.5. The summed E-state index contributed by atoms with van der Waals surface area (Å²) in [7, 11) is 0. The molecule has 30 heavy (non-hydrogen) atoms. The van der Waals surface area contributed by atoms with Crippen molar-refractivity contribution < 1.29 is 19.1 Å². The first kappa shape index (κ1) is 20.0. The van der Waals surface area contributed by atoms with Crippen LogP contribution in [0.3, 0.4) is 0 Å². The zero-order valence-electron chi connectivity index (χ0n) is 17.3. The van der Waals surface area contributed by atoms with Crippen LogP contribution >= 0.6 is 0 Å². The van der Waals surface area contributed by atoms with Crippen molar-refractivity contribution in [3.8, 4) is 11.4 Å². The minimum atomic E-state index is -0.555. The average molecular weight is 403 g/mol. The zero-order chi connectivity index (χ0) is 21.1. The molecule has 0 saturated carbocycles. The van der Waals surface area contributed by atoms with Crippen LogP contribution in [0.1, 0.15) is 39.3 Å². The van der Waals surface area contributed by atoms with Gasteiger partial charge in [-0.2, -0.15) is 0 Å². The van der Waals surface area contributed by atoms with Crippen LogP contribution in [-0.4, -0.2) is 29.5 Å². The van der Waals surface area contributed by atoms with Crippen molar-refractivity contribution in [1.29, 1.82) is 0 Å². The maximum absolute atomic E-state index is 12.6. The number of carbonyl (C=O) groups excluding carboxylic acids is 2. The Bertz CT molecular complexity index is 1080. The van der Waals surface area contributed by atoms with E-state index in [0.29, 0.717) is 11.3 Å². The van der Waals surface area contributed by atoms with Gasteiger partial charge in [-0.3, -0.25) is 4.79 Å². The quantitative estimate of drug-likeness (QED) is 0.434. The van der Waals surface area contributed by atoms with Gasteiger partial charge in [0.05, 0.1) is 0 Å². The van der Waals surface area contributed by atoms with Crippen molar-refractivity contribution in [2.75, 3.05) is 13.2 Å². The Morgan fingerprint density at radius 1 is 0.933 bits per heavy atom. The molecule has 0 saturated heterocycles. The number of hydrogen-bond donors (Lipinski definition) is 0. The Morgan fingerprint density at radius 3 is 2.50 bits per heavy atom. The van der Waals surface area contributed by atoms with Crippen molar-refractivity contribution in [2.24, 2.45) is 0 Å². The monoisotopic (exact) mass is 403 g/mol. The van der Waals surface area contributed by atoms with Gasteiger partial charge in [0.1, 0.15) is 5.75 Å². The third-order valence-corrected chi connectivity index (χ3v) is 5.54. The molecule has 5 heteroatoms. The van der Waals surface area contributed by atoms with E-state index in [1.165, 1.54) is 11.1 Å². The van der Waals surface area contributed by atoms with E-state index >= 15 is 0 Å². The molecule has 4 rings (SSSR count). The number of fused-ring (bicyclic) bond motifs is 1. The predicted molar refractivity (Wildman–Crippen MR) is 114 cm³/mol. The highest BCUT2D eigenvalue weighted by Gasteiger charge is 2.18. The zero-order valence-corrected chi connectivity index (χ0v) is 17.3. The topological polar surface area (TPSA) is 57.5 Å². The van der Waals surface area contributed by atoms with E-state index in [0.717, 1.165) is 36.3 Å². The molecule has 154 valence electrons. The Labute approximate surface area is 176 Å². The summed E-state index contributed by atoms with van der Waals surface area (Å²) in [5, 5.41) is 0. The lowest BCUT2D eigenvalue weighted by atomic mass is 10.1. The van der Waals surface area contributed by atoms with Crippen LogP contribution in [0.15, 0.2) is 54.6 Å². The van der Waals surface area contributed by atoms with Gasteiger partial charge < -0.3 is 14.0 Å². The number of benzene rings is 2. The molecular formula is C25H25NO4. The van der Waals surface area contributed by atoms with Crippen molar-refractivity contribution in [1.82, 2.24) is 4.57 Å². The molecule has 0 N–H and O–H groups in total. The van der Waals surface area contributed by atoms with Gasteiger partial charge in [0.15, 0.2) is 13.2 Å². The van der Waals surface area contributed by atoms with E-state index in [1.807, 2.05) is 66.9 Å². The van der Waals surface area contributed by atoms with E-state index in [9.17, 15) is 9.59 Å². The summed E-state index contributed by atoms with van der Waals surface area (Å²) in [5.41, 5.74) is 5.96.